The van der Waals surface area contributed by atoms with Crippen molar-refractivity contribution in [3.63, 3.8) is 0 Å². The van der Waals surface area contributed by atoms with Crippen LogP contribution in [-0.4, -0.2) is 6.61 Å². The van der Waals surface area contributed by atoms with E-state index in [1.807, 2.05) is 19.9 Å². The van der Waals surface area contributed by atoms with Crippen molar-refractivity contribution in [1.29, 1.82) is 0 Å². The lowest BCUT2D eigenvalue weighted by Gasteiger charge is -2.05. The van der Waals surface area contributed by atoms with Gasteiger partial charge in [0.25, 0.3) is 0 Å². The first kappa shape index (κ1) is 15.8. The largest absolute Gasteiger partial charge is 0.494 e. The number of hydrogen-bond donors (Lipinski definition) is 0. The van der Waals surface area contributed by atoms with E-state index in [4.69, 9.17) is 4.74 Å². The highest BCUT2D eigenvalue weighted by molar-refractivity contribution is 5.29. The molecule has 0 radical (unpaired) electrons. The Morgan fingerprint density at radius 1 is 1.24 bits per heavy atom. The summed E-state index contributed by atoms with van der Waals surface area (Å²) in [6.07, 6.45) is 9.65. The number of allylic oxidation sites excluding steroid dienone is 6. The third-order valence-electron chi connectivity index (χ3n) is 2.34. The summed E-state index contributed by atoms with van der Waals surface area (Å²) in [5.41, 5.74) is 2.32. The SMILES string of the molecule is C=C(OCC)C(C)=CC=C(C)C=CCC(C)C. The van der Waals surface area contributed by atoms with Crippen LogP contribution in [0.2, 0.25) is 0 Å². The molecule has 0 atom stereocenters. The third-order valence-corrected chi connectivity index (χ3v) is 2.34. The minimum Gasteiger partial charge on any atom is -0.494 e. The first-order valence-corrected chi connectivity index (χ1v) is 6.31. The van der Waals surface area contributed by atoms with E-state index >= 15 is 0 Å². The summed E-state index contributed by atoms with van der Waals surface area (Å²) in [4.78, 5) is 0. The maximum Gasteiger partial charge on any atom is 0.115 e. The van der Waals surface area contributed by atoms with Gasteiger partial charge in [-0.15, -0.1) is 0 Å². The molecule has 96 valence electrons. The average Bonchev–Trinajstić information content (AvgIpc) is 2.25. The highest BCUT2D eigenvalue weighted by Crippen LogP contribution is 2.09. The Morgan fingerprint density at radius 2 is 1.88 bits per heavy atom. The first-order chi connectivity index (χ1) is 7.97. The molecule has 0 amide bonds. The molecule has 1 heteroatoms. The van der Waals surface area contributed by atoms with Gasteiger partial charge in [0.1, 0.15) is 5.76 Å². The van der Waals surface area contributed by atoms with Crippen LogP contribution < -0.4 is 0 Å². The van der Waals surface area contributed by atoms with Crippen LogP contribution >= 0.6 is 0 Å². The molecule has 17 heavy (non-hydrogen) atoms. The van der Waals surface area contributed by atoms with Crippen LogP contribution in [0.5, 0.6) is 0 Å². The third kappa shape index (κ3) is 8.56. The summed E-state index contributed by atoms with van der Waals surface area (Å²) >= 11 is 0. The lowest BCUT2D eigenvalue weighted by Crippen LogP contribution is -1.90. The summed E-state index contributed by atoms with van der Waals surface area (Å²) in [7, 11) is 0. The second-order valence-corrected chi connectivity index (χ2v) is 4.65. The fraction of sp³-hybridized carbons (Fsp3) is 0.500. The second kappa shape index (κ2) is 8.86. The molecule has 0 heterocycles. The molecule has 0 aromatic heterocycles. The zero-order chi connectivity index (χ0) is 13.3. The van der Waals surface area contributed by atoms with E-state index in [0.29, 0.717) is 12.5 Å². The Kier molecular flexibility index (Phi) is 8.21. The average molecular weight is 234 g/mol. The molecule has 0 saturated carbocycles. The van der Waals surface area contributed by atoms with Gasteiger partial charge in [0, 0.05) is 0 Å². The molecule has 0 bridgehead atoms. The quantitative estimate of drug-likeness (QED) is 0.443. The van der Waals surface area contributed by atoms with Gasteiger partial charge in [0.2, 0.25) is 0 Å². The van der Waals surface area contributed by atoms with Gasteiger partial charge in [0.15, 0.2) is 0 Å². The molecular weight excluding hydrogens is 208 g/mol. The highest BCUT2D eigenvalue weighted by atomic mass is 16.5. The summed E-state index contributed by atoms with van der Waals surface area (Å²) in [5.74, 6) is 1.47. The molecule has 0 aliphatic heterocycles. The Morgan fingerprint density at radius 3 is 2.41 bits per heavy atom. The van der Waals surface area contributed by atoms with Crippen molar-refractivity contribution in [3.05, 3.63) is 47.8 Å². The fourth-order valence-corrected chi connectivity index (χ4v) is 1.22. The summed E-state index contributed by atoms with van der Waals surface area (Å²) in [6, 6.07) is 0. The van der Waals surface area contributed by atoms with Gasteiger partial charge < -0.3 is 4.74 Å². The van der Waals surface area contributed by atoms with Crippen LogP contribution in [0.3, 0.4) is 0 Å². The van der Waals surface area contributed by atoms with Crippen LogP contribution in [0.4, 0.5) is 0 Å². The second-order valence-electron chi connectivity index (χ2n) is 4.65. The first-order valence-electron chi connectivity index (χ1n) is 6.31. The van der Waals surface area contributed by atoms with E-state index < -0.39 is 0 Å². The zero-order valence-corrected chi connectivity index (χ0v) is 11.9. The molecule has 0 fully saturated rings. The molecule has 0 saturated heterocycles. The summed E-state index contributed by atoms with van der Waals surface area (Å²) in [5, 5.41) is 0. The van der Waals surface area contributed by atoms with Gasteiger partial charge in [-0.1, -0.05) is 50.3 Å². The molecular formula is C16H26O. The predicted molar refractivity (Wildman–Crippen MR) is 76.9 cm³/mol. The van der Waals surface area contributed by atoms with Gasteiger partial charge in [-0.25, -0.2) is 0 Å². The lowest BCUT2D eigenvalue weighted by atomic mass is 10.1. The monoisotopic (exact) mass is 234 g/mol. The maximum atomic E-state index is 5.34. The smallest absolute Gasteiger partial charge is 0.115 e. The minimum atomic E-state index is 0.668. The summed E-state index contributed by atoms with van der Waals surface area (Å²) < 4.78 is 5.34. The predicted octanol–water partition coefficient (Wildman–Crippen LogP) is 5.03. The Labute approximate surface area is 107 Å². The van der Waals surface area contributed by atoms with Crippen molar-refractivity contribution in [2.45, 2.75) is 41.0 Å². The molecule has 0 rings (SSSR count). The van der Waals surface area contributed by atoms with Crippen molar-refractivity contribution in [3.8, 4) is 0 Å². The Hall–Kier alpha value is -1.24. The van der Waals surface area contributed by atoms with E-state index in [0.717, 1.165) is 17.8 Å². The van der Waals surface area contributed by atoms with Crippen LogP contribution in [0, 0.1) is 5.92 Å². The van der Waals surface area contributed by atoms with Gasteiger partial charge in [-0.05, 0) is 38.7 Å². The van der Waals surface area contributed by atoms with Gasteiger partial charge in [-0.3, -0.25) is 0 Å². The van der Waals surface area contributed by atoms with Crippen molar-refractivity contribution < 1.29 is 4.74 Å². The molecule has 0 unspecified atom stereocenters. The normalized spacial score (nSPS) is 13.5. The van der Waals surface area contributed by atoms with E-state index in [2.05, 4.69) is 45.6 Å². The van der Waals surface area contributed by atoms with Crippen molar-refractivity contribution in [1.82, 2.24) is 0 Å². The molecule has 0 spiro atoms. The van der Waals surface area contributed by atoms with E-state index in [-0.39, 0.29) is 0 Å². The molecule has 0 aliphatic carbocycles. The molecule has 1 nitrogen and oxygen atoms in total. The number of rotatable bonds is 7. The van der Waals surface area contributed by atoms with Gasteiger partial charge >= 0.3 is 0 Å². The molecule has 0 aromatic carbocycles. The molecule has 0 aliphatic rings. The Balaban J connectivity index is 4.34. The van der Waals surface area contributed by atoms with Crippen molar-refractivity contribution >= 4 is 0 Å². The number of ether oxygens (including phenoxy) is 1. The lowest BCUT2D eigenvalue weighted by molar-refractivity contribution is 0.239. The van der Waals surface area contributed by atoms with Crippen molar-refractivity contribution in [2.75, 3.05) is 6.61 Å². The summed E-state index contributed by atoms with van der Waals surface area (Å²) in [6.45, 7) is 15.1. The van der Waals surface area contributed by atoms with Gasteiger partial charge in [0.05, 0.1) is 6.61 Å². The van der Waals surface area contributed by atoms with Crippen LogP contribution in [0.1, 0.15) is 41.0 Å². The van der Waals surface area contributed by atoms with Crippen molar-refractivity contribution in [2.24, 2.45) is 5.92 Å². The van der Waals surface area contributed by atoms with Crippen LogP contribution in [0.15, 0.2) is 47.8 Å². The molecule has 0 aromatic rings. The molecule has 0 N–H and O–H groups in total. The van der Waals surface area contributed by atoms with E-state index in [9.17, 15) is 0 Å². The van der Waals surface area contributed by atoms with Crippen LogP contribution in [0.25, 0.3) is 0 Å². The van der Waals surface area contributed by atoms with Crippen LogP contribution in [-0.2, 0) is 4.74 Å². The zero-order valence-electron chi connectivity index (χ0n) is 11.9. The van der Waals surface area contributed by atoms with Gasteiger partial charge in [-0.2, -0.15) is 0 Å². The number of hydrogen-bond acceptors (Lipinski definition) is 1. The van der Waals surface area contributed by atoms with E-state index in [1.165, 1.54) is 5.57 Å². The van der Waals surface area contributed by atoms with E-state index in [1.54, 1.807) is 0 Å². The maximum absolute atomic E-state index is 5.34. The topological polar surface area (TPSA) is 9.23 Å². The highest BCUT2D eigenvalue weighted by Gasteiger charge is 1.94. The minimum absolute atomic E-state index is 0.668. The standard InChI is InChI=1S/C16H26O/c1-7-17-16(6)15(5)12-11-14(4)10-8-9-13(2)3/h8,10-13H,6-7,9H2,1-5H3. The fourth-order valence-electron chi connectivity index (χ4n) is 1.22. The Bertz CT molecular complexity index is 316.